The smallest absolute Gasteiger partial charge is 0.0556 e. The second kappa shape index (κ2) is 3.50. The zero-order valence-electron chi connectivity index (χ0n) is 9.13. The molecule has 1 aromatic heterocycles. The lowest BCUT2D eigenvalue weighted by Crippen LogP contribution is -2.28. The van der Waals surface area contributed by atoms with Crippen LogP contribution in [0.25, 0.3) is 0 Å². The van der Waals surface area contributed by atoms with E-state index in [0.717, 1.165) is 0 Å². The molecule has 0 saturated carbocycles. The first kappa shape index (κ1) is 10.3. The molecule has 0 amide bonds. The summed E-state index contributed by atoms with van der Waals surface area (Å²) in [6, 6.07) is 2.41. The predicted octanol–water partition coefficient (Wildman–Crippen LogP) is 1.92. The highest BCUT2D eigenvalue weighted by Gasteiger charge is 2.19. The summed E-state index contributed by atoms with van der Waals surface area (Å²) in [4.78, 5) is 0. The Morgan fingerprint density at radius 1 is 1.46 bits per heavy atom. The number of hydrogen-bond acceptors (Lipinski definition) is 2. The second-order valence-corrected chi connectivity index (χ2v) is 4.35. The van der Waals surface area contributed by atoms with Gasteiger partial charge in [-0.15, -0.1) is 0 Å². The van der Waals surface area contributed by atoms with E-state index in [-0.39, 0.29) is 5.54 Å². The maximum Gasteiger partial charge on any atom is 0.0556 e. The summed E-state index contributed by atoms with van der Waals surface area (Å²) >= 11 is 0. The molecule has 3 nitrogen and oxygen atoms in total. The van der Waals surface area contributed by atoms with Crippen molar-refractivity contribution in [3.63, 3.8) is 0 Å². The van der Waals surface area contributed by atoms with Crippen molar-refractivity contribution < 1.29 is 0 Å². The Morgan fingerprint density at radius 2 is 2.08 bits per heavy atom. The molecule has 13 heavy (non-hydrogen) atoms. The van der Waals surface area contributed by atoms with Crippen LogP contribution in [-0.4, -0.2) is 16.8 Å². The minimum absolute atomic E-state index is 0.0595. The highest BCUT2D eigenvalue weighted by Crippen LogP contribution is 2.19. The van der Waals surface area contributed by atoms with Crippen LogP contribution in [0.15, 0.2) is 12.3 Å². The molecule has 0 saturated heterocycles. The van der Waals surface area contributed by atoms with Gasteiger partial charge in [0, 0.05) is 12.2 Å². The van der Waals surface area contributed by atoms with Gasteiger partial charge in [0.2, 0.25) is 0 Å². The van der Waals surface area contributed by atoms with E-state index in [4.69, 9.17) is 0 Å². The number of nitrogens with zero attached hydrogens (tertiary/aromatic N) is 2. The molecular formula is C10H19N3. The summed E-state index contributed by atoms with van der Waals surface area (Å²) < 4.78 is 2.06. The van der Waals surface area contributed by atoms with Crippen LogP contribution in [0.3, 0.4) is 0 Å². The van der Waals surface area contributed by atoms with E-state index in [2.05, 4.69) is 48.9 Å². The molecule has 0 spiro atoms. The number of aromatic nitrogens is 2. The van der Waals surface area contributed by atoms with Crippen molar-refractivity contribution in [1.82, 2.24) is 15.1 Å². The normalized spacial score (nSPS) is 14.5. The van der Waals surface area contributed by atoms with Crippen LogP contribution in [0, 0.1) is 0 Å². The minimum atomic E-state index is 0.0595. The largest absolute Gasteiger partial charge is 0.312 e. The Kier molecular flexibility index (Phi) is 2.76. The Labute approximate surface area is 80.1 Å². The van der Waals surface area contributed by atoms with Crippen molar-refractivity contribution >= 4 is 0 Å². The van der Waals surface area contributed by atoms with Gasteiger partial charge >= 0.3 is 0 Å². The number of rotatable bonds is 2. The Morgan fingerprint density at radius 3 is 2.54 bits per heavy atom. The fraction of sp³-hybridized carbons (Fsp3) is 0.700. The summed E-state index contributed by atoms with van der Waals surface area (Å²) in [5.41, 5.74) is 1.29. The van der Waals surface area contributed by atoms with E-state index in [9.17, 15) is 0 Å². The first-order valence-corrected chi connectivity index (χ1v) is 4.68. The number of hydrogen-bond donors (Lipinski definition) is 1. The van der Waals surface area contributed by atoms with E-state index in [1.165, 1.54) is 5.69 Å². The molecule has 1 heterocycles. The van der Waals surface area contributed by atoms with Crippen LogP contribution in [0.4, 0.5) is 0 Å². The SMILES string of the molecule is CNC(C)c1ccnn1C(C)(C)C. The summed E-state index contributed by atoms with van der Waals surface area (Å²) in [5.74, 6) is 0. The standard InChI is InChI=1S/C10H19N3/c1-8(11-5)9-6-7-12-13(9)10(2,3)4/h6-8,11H,1-5H3. The Balaban J connectivity index is 3.03. The minimum Gasteiger partial charge on any atom is -0.312 e. The van der Waals surface area contributed by atoms with Crippen LogP contribution in [0.2, 0.25) is 0 Å². The first-order chi connectivity index (χ1) is 5.96. The van der Waals surface area contributed by atoms with Gasteiger partial charge in [-0.25, -0.2) is 0 Å². The second-order valence-electron chi connectivity index (χ2n) is 4.35. The fourth-order valence-corrected chi connectivity index (χ4v) is 1.35. The lowest BCUT2D eigenvalue weighted by molar-refractivity contribution is 0.333. The average Bonchev–Trinajstić information content (AvgIpc) is 2.49. The van der Waals surface area contributed by atoms with Gasteiger partial charge in [0.1, 0.15) is 0 Å². The van der Waals surface area contributed by atoms with Crippen LogP contribution in [-0.2, 0) is 5.54 Å². The quantitative estimate of drug-likeness (QED) is 0.755. The van der Waals surface area contributed by atoms with Gasteiger partial charge in [-0.05, 0) is 40.8 Å². The predicted molar refractivity (Wildman–Crippen MR) is 54.7 cm³/mol. The summed E-state index contributed by atoms with van der Waals surface area (Å²) in [6.45, 7) is 8.61. The summed E-state index contributed by atoms with van der Waals surface area (Å²) in [7, 11) is 1.96. The third-order valence-corrected chi connectivity index (χ3v) is 2.18. The van der Waals surface area contributed by atoms with E-state index in [1.807, 2.05) is 13.2 Å². The lowest BCUT2D eigenvalue weighted by Gasteiger charge is -2.24. The molecule has 1 unspecified atom stereocenters. The van der Waals surface area contributed by atoms with Crippen molar-refractivity contribution in [3.05, 3.63) is 18.0 Å². The van der Waals surface area contributed by atoms with Gasteiger partial charge in [0.15, 0.2) is 0 Å². The van der Waals surface area contributed by atoms with Gasteiger partial charge in [-0.1, -0.05) is 0 Å². The molecule has 1 N–H and O–H groups in total. The molecule has 3 heteroatoms. The molecule has 0 bridgehead atoms. The topological polar surface area (TPSA) is 29.9 Å². The first-order valence-electron chi connectivity index (χ1n) is 4.68. The molecule has 0 aliphatic heterocycles. The average molecular weight is 181 g/mol. The van der Waals surface area contributed by atoms with Crippen molar-refractivity contribution in [2.75, 3.05) is 7.05 Å². The molecule has 0 fully saturated rings. The molecule has 1 atom stereocenters. The van der Waals surface area contributed by atoms with Crippen molar-refractivity contribution in [2.45, 2.75) is 39.3 Å². The van der Waals surface area contributed by atoms with Crippen LogP contribution in [0.5, 0.6) is 0 Å². The summed E-state index contributed by atoms with van der Waals surface area (Å²) in [5, 5.41) is 7.55. The number of nitrogens with one attached hydrogen (secondary N) is 1. The Bertz CT molecular complexity index is 270. The van der Waals surface area contributed by atoms with Crippen molar-refractivity contribution in [2.24, 2.45) is 0 Å². The van der Waals surface area contributed by atoms with Gasteiger partial charge in [0.05, 0.1) is 11.2 Å². The monoisotopic (exact) mass is 181 g/mol. The third kappa shape index (κ3) is 2.10. The van der Waals surface area contributed by atoms with E-state index < -0.39 is 0 Å². The molecule has 0 aromatic carbocycles. The molecule has 0 aliphatic carbocycles. The zero-order chi connectivity index (χ0) is 10.1. The fourth-order valence-electron chi connectivity index (χ4n) is 1.35. The van der Waals surface area contributed by atoms with Gasteiger partial charge in [-0.2, -0.15) is 5.10 Å². The van der Waals surface area contributed by atoms with E-state index in [0.29, 0.717) is 6.04 Å². The summed E-state index contributed by atoms with van der Waals surface area (Å²) in [6.07, 6.45) is 1.86. The van der Waals surface area contributed by atoms with Crippen molar-refractivity contribution in [1.29, 1.82) is 0 Å². The third-order valence-electron chi connectivity index (χ3n) is 2.18. The molecule has 74 valence electrons. The van der Waals surface area contributed by atoms with Gasteiger partial charge in [-0.3, -0.25) is 4.68 Å². The van der Waals surface area contributed by atoms with Crippen LogP contribution in [0.1, 0.15) is 39.4 Å². The van der Waals surface area contributed by atoms with Crippen LogP contribution < -0.4 is 5.32 Å². The maximum atomic E-state index is 4.33. The molecule has 1 aromatic rings. The molecule has 0 aliphatic rings. The van der Waals surface area contributed by atoms with E-state index >= 15 is 0 Å². The van der Waals surface area contributed by atoms with E-state index in [1.54, 1.807) is 0 Å². The maximum absolute atomic E-state index is 4.33. The molecule has 1 rings (SSSR count). The zero-order valence-corrected chi connectivity index (χ0v) is 9.13. The Hall–Kier alpha value is -0.830. The highest BCUT2D eigenvalue weighted by molar-refractivity contribution is 5.07. The highest BCUT2D eigenvalue weighted by atomic mass is 15.3. The van der Waals surface area contributed by atoms with Crippen LogP contribution >= 0.6 is 0 Å². The van der Waals surface area contributed by atoms with Crippen molar-refractivity contribution in [3.8, 4) is 0 Å². The van der Waals surface area contributed by atoms with Gasteiger partial charge < -0.3 is 5.32 Å². The lowest BCUT2D eigenvalue weighted by atomic mass is 10.1. The molecule has 0 radical (unpaired) electrons. The molecular weight excluding hydrogens is 162 g/mol. The van der Waals surface area contributed by atoms with Gasteiger partial charge in [0.25, 0.3) is 0 Å².